The molecule has 3 rings (SSSR count). The minimum absolute atomic E-state index is 0.448. The summed E-state index contributed by atoms with van der Waals surface area (Å²) in [5.41, 5.74) is 2.24. The molecule has 0 bridgehead atoms. The predicted octanol–water partition coefficient (Wildman–Crippen LogP) is 2.37. The van der Waals surface area contributed by atoms with Crippen LogP contribution in [-0.2, 0) is 7.05 Å². The second-order valence-corrected chi connectivity index (χ2v) is 5.52. The topological polar surface area (TPSA) is 41.9 Å². The SMILES string of the molecule is CC(Nc1nc2ccccc2n1C)C1CCCNC1. The molecule has 1 aromatic carbocycles. The van der Waals surface area contributed by atoms with Gasteiger partial charge in [0.2, 0.25) is 5.95 Å². The van der Waals surface area contributed by atoms with Crippen LogP contribution in [0.15, 0.2) is 24.3 Å². The average molecular weight is 258 g/mol. The van der Waals surface area contributed by atoms with Gasteiger partial charge < -0.3 is 15.2 Å². The highest BCUT2D eigenvalue weighted by molar-refractivity contribution is 5.78. The molecule has 2 unspecified atom stereocenters. The first kappa shape index (κ1) is 12.5. The summed E-state index contributed by atoms with van der Waals surface area (Å²) in [7, 11) is 2.07. The van der Waals surface area contributed by atoms with Crippen LogP contribution in [0.1, 0.15) is 19.8 Å². The first-order chi connectivity index (χ1) is 9.25. The number of hydrogen-bond donors (Lipinski definition) is 2. The number of fused-ring (bicyclic) bond motifs is 1. The highest BCUT2D eigenvalue weighted by Gasteiger charge is 2.21. The molecule has 1 aliphatic rings. The fraction of sp³-hybridized carbons (Fsp3) is 0.533. The van der Waals surface area contributed by atoms with Crippen molar-refractivity contribution in [1.82, 2.24) is 14.9 Å². The number of nitrogens with one attached hydrogen (secondary N) is 2. The van der Waals surface area contributed by atoms with Gasteiger partial charge in [0.1, 0.15) is 0 Å². The number of para-hydroxylation sites is 2. The van der Waals surface area contributed by atoms with E-state index in [2.05, 4.69) is 52.4 Å². The number of hydrogen-bond acceptors (Lipinski definition) is 3. The summed E-state index contributed by atoms with van der Waals surface area (Å²) in [6.45, 7) is 4.53. The van der Waals surface area contributed by atoms with Gasteiger partial charge in [0.15, 0.2) is 0 Å². The van der Waals surface area contributed by atoms with Gasteiger partial charge in [0.05, 0.1) is 11.0 Å². The maximum absolute atomic E-state index is 4.68. The largest absolute Gasteiger partial charge is 0.353 e. The van der Waals surface area contributed by atoms with Gasteiger partial charge in [-0.15, -0.1) is 0 Å². The van der Waals surface area contributed by atoms with Gasteiger partial charge in [0, 0.05) is 13.1 Å². The van der Waals surface area contributed by atoms with Crippen molar-refractivity contribution in [3.05, 3.63) is 24.3 Å². The third-order valence-electron chi connectivity index (χ3n) is 4.19. The van der Waals surface area contributed by atoms with E-state index in [1.165, 1.54) is 18.4 Å². The molecule has 0 amide bonds. The Bertz CT molecular complexity index is 554. The van der Waals surface area contributed by atoms with E-state index >= 15 is 0 Å². The lowest BCUT2D eigenvalue weighted by Gasteiger charge is -2.29. The molecule has 102 valence electrons. The van der Waals surface area contributed by atoms with Crippen molar-refractivity contribution < 1.29 is 0 Å². The summed E-state index contributed by atoms with van der Waals surface area (Å²) >= 11 is 0. The summed E-state index contributed by atoms with van der Waals surface area (Å²) in [5.74, 6) is 1.66. The zero-order valence-electron chi connectivity index (χ0n) is 11.7. The monoisotopic (exact) mass is 258 g/mol. The molecule has 1 saturated heterocycles. The van der Waals surface area contributed by atoms with Crippen LogP contribution in [0.2, 0.25) is 0 Å². The Balaban J connectivity index is 1.78. The molecular weight excluding hydrogens is 236 g/mol. The number of benzene rings is 1. The zero-order valence-corrected chi connectivity index (χ0v) is 11.7. The molecule has 0 saturated carbocycles. The standard InChI is InChI=1S/C15H22N4/c1-11(12-6-5-9-16-10-12)17-15-18-13-7-3-4-8-14(13)19(15)2/h3-4,7-8,11-12,16H,5-6,9-10H2,1-2H3,(H,17,18). The Morgan fingerprint density at radius 1 is 1.42 bits per heavy atom. The molecule has 2 N–H and O–H groups in total. The van der Waals surface area contributed by atoms with Gasteiger partial charge in [-0.1, -0.05) is 12.1 Å². The van der Waals surface area contributed by atoms with E-state index in [1.54, 1.807) is 0 Å². The van der Waals surface area contributed by atoms with Crippen molar-refractivity contribution in [2.45, 2.75) is 25.8 Å². The average Bonchev–Trinajstić information content (AvgIpc) is 2.77. The number of anilines is 1. The van der Waals surface area contributed by atoms with E-state index in [0.717, 1.165) is 24.6 Å². The second kappa shape index (κ2) is 5.21. The molecule has 19 heavy (non-hydrogen) atoms. The lowest BCUT2D eigenvalue weighted by molar-refractivity contribution is 0.346. The number of rotatable bonds is 3. The number of nitrogens with zero attached hydrogens (tertiary/aromatic N) is 2. The maximum Gasteiger partial charge on any atom is 0.203 e. The highest BCUT2D eigenvalue weighted by atomic mass is 15.2. The first-order valence-corrected chi connectivity index (χ1v) is 7.14. The zero-order chi connectivity index (χ0) is 13.2. The number of piperidine rings is 1. The summed E-state index contributed by atoms with van der Waals surface area (Å²) < 4.78 is 2.14. The van der Waals surface area contributed by atoms with Crippen LogP contribution in [0.5, 0.6) is 0 Å². The number of aryl methyl sites for hydroxylation is 1. The van der Waals surface area contributed by atoms with Crippen molar-refractivity contribution in [2.75, 3.05) is 18.4 Å². The third-order valence-corrected chi connectivity index (χ3v) is 4.19. The van der Waals surface area contributed by atoms with Gasteiger partial charge in [0.25, 0.3) is 0 Å². The van der Waals surface area contributed by atoms with E-state index in [1.807, 2.05) is 6.07 Å². The predicted molar refractivity (Wildman–Crippen MR) is 79.4 cm³/mol. The first-order valence-electron chi connectivity index (χ1n) is 7.14. The Labute approximate surface area is 114 Å². The molecular formula is C15H22N4. The molecule has 1 fully saturated rings. The lowest BCUT2D eigenvalue weighted by Crippen LogP contribution is -2.39. The molecule has 4 nitrogen and oxygen atoms in total. The Morgan fingerprint density at radius 3 is 3.00 bits per heavy atom. The van der Waals surface area contributed by atoms with Gasteiger partial charge in [-0.3, -0.25) is 0 Å². The smallest absolute Gasteiger partial charge is 0.203 e. The normalized spacial score (nSPS) is 21.5. The quantitative estimate of drug-likeness (QED) is 0.888. The number of imidazole rings is 1. The van der Waals surface area contributed by atoms with E-state index in [0.29, 0.717) is 12.0 Å². The molecule has 1 aliphatic heterocycles. The fourth-order valence-corrected chi connectivity index (χ4v) is 2.90. The van der Waals surface area contributed by atoms with Crippen LogP contribution in [0.4, 0.5) is 5.95 Å². The molecule has 2 atom stereocenters. The van der Waals surface area contributed by atoms with Crippen LogP contribution in [0.3, 0.4) is 0 Å². The molecule has 1 aromatic heterocycles. The summed E-state index contributed by atoms with van der Waals surface area (Å²) in [4.78, 5) is 4.68. The van der Waals surface area contributed by atoms with Crippen LogP contribution in [0.25, 0.3) is 11.0 Å². The van der Waals surface area contributed by atoms with E-state index in [9.17, 15) is 0 Å². The second-order valence-electron chi connectivity index (χ2n) is 5.52. The molecule has 2 aromatic rings. The van der Waals surface area contributed by atoms with Gasteiger partial charge >= 0.3 is 0 Å². The molecule has 0 aliphatic carbocycles. The van der Waals surface area contributed by atoms with E-state index < -0.39 is 0 Å². The lowest BCUT2D eigenvalue weighted by atomic mass is 9.93. The summed E-state index contributed by atoms with van der Waals surface area (Å²) in [5, 5.41) is 7.06. The van der Waals surface area contributed by atoms with Crippen LogP contribution >= 0.6 is 0 Å². The van der Waals surface area contributed by atoms with Crippen LogP contribution in [0, 0.1) is 5.92 Å². The minimum atomic E-state index is 0.448. The van der Waals surface area contributed by atoms with Crippen LogP contribution in [-0.4, -0.2) is 28.7 Å². The van der Waals surface area contributed by atoms with Gasteiger partial charge in [-0.05, 0) is 50.9 Å². The van der Waals surface area contributed by atoms with Crippen molar-refractivity contribution >= 4 is 17.0 Å². The molecule has 4 heteroatoms. The van der Waals surface area contributed by atoms with E-state index in [4.69, 9.17) is 0 Å². The fourth-order valence-electron chi connectivity index (χ4n) is 2.90. The molecule has 0 spiro atoms. The Kier molecular flexibility index (Phi) is 3.42. The van der Waals surface area contributed by atoms with Crippen molar-refractivity contribution in [2.24, 2.45) is 13.0 Å². The molecule has 2 heterocycles. The van der Waals surface area contributed by atoms with Gasteiger partial charge in [-0.2, -0.15) is 0 Å². The number of aromatic nitrogens is 2. The van der Waals surface area contributed by atoms with Gasteiger partial charge in [-0.25, -0.2) is 4.98 Å². The molecule has 0 radical (unpaired) electrons. The Morgan fingerprint density at radius 2 is 2.26 bits per heavy atom. The highest BCUT2D eigenvalue weighted by Crippen LogP contribution is 2.21. The summed E-state index contributed by atoms with van der Waals surface area (Å²) in [6.07, 6.45) is 2.57. The summed E-state index contributed by atoms with van der Waals surface area (Å²) in [6, 6.07) is 8.71. The van der Waals surface area contributed by atoms with Crippen molar-refractivity contribution in [3.63, 3.8) is 0 Å². The maximum atomic E-state index is 4.68. The van der Waals surface area contributed by atoms with Crippen LogP contribution < -0.4 is 10.6 Å². The Hall–Kier alpha value is -1.55. The van der Waals surface area contributed by atoms with E-state index in [-0.39, 0.29) is 0 Å². The van der Waals surface area contributed by atoms with Crippen molar-refractivity contribution in [3.8, 4) is 0 Å². The van der Waals surface area contributed by atoms with Crippen molar-refractivity contribution in [1.29, 1.82) is 0 Å². The minimum Gasteiger partial charge on any atom is -0.353 e. The third kappa shape index (κ3) is 2.45.